The zero-order chi connectivity index (χ0) is 12.7. The fourth-order valence-corrected chi connectivity index (χ4v) is 2.88. The molecule has 3 aromatic rings. The summed E-state index contributed by atoms with van der Waals surface area (Å²) in [5, 5.41) is 11.1. The van der Waals surface area contributed by atoms with Gasteiger partial charge in [-0.25, -0.2) is 4.98 Å². The van der Waals surface area contributed by atoms with E-state index in [-0.39, 0.29) is 0 Å². The third-order valence-corrected chi connectivity index (χ3v) is 3.69. The van der Waals surface area contributed by atoms with Gasteiger partial charge in [-0.05, 0) is 19.9 Å². The molecule has 0 saturated heterocycles. The van der Waals surface area contributed by atoms with Crippen molar-refractivity contribution in [2.45, 2.75) is 13.8 Å². The van der Waals surface area contributed by atoms with Crippen LogP contribution < -0.4 is 0 Å². The summed E-state index contributed by atoms with van der Waals surface area (Å²) in [4.78, 5) is 4.64. The third kappa shape index (κ3) is 1.65. The fraction of sp³-hybridized carbons (Fsp3) is 0.250. The second-order valence-corrected chi connectivity index (χ2v) is 4.94. The number of rotatable bonds is 2. The van der Waals surface area contributed by atoms with Crippen molar-refractivity contribution in [3.05, 3.63) is 29.1 Å². The molecular weight excluding hydrogens is 248 g/mol. The Morgan fingerprint density at radius 2 is 2.17 bits per heavy atom. The van der Waals surface area contributed by atoms with Crippen molar-refractivity contribution in [1.29, 1.82) is 0 Å². The van der Waals surface area contributed by atoms with Crippen LogP contribution in [0.25, 0.3) is 22.0 Å². The smallest absolute Gasteiger partial charge is 0.144 e. The standard InChI is InChI=1S/C12H12N4OS/c1-7-11(8(2)17-15-7)12-14-9(6-18-12)10-4-5-13-16(10)3/h4-6H,1-3H3. The molecule has 0 bridgehead atoms. The van der Waals surface area contributed by atoms with Crippen molar-refractivity contribution in [2.24, 2.45) is 7.05 Å². The van der Waals surface area contributed by atoms with Gasteiger partial charge in [0, 0.05) is 18.6 Å². The average Bonchev–Trinajstić information content (AvgIpc) is 3.00. The number of hydrogen-bond acceptors (Lipinski definition) is 5. The maximum atomic E-state index is 5.17. The van der Waals surface area contributed by atoms with E-state index >= 15 is 0 Å². The lowest BCUT2D eigenvalue weighted by atomic mass is 10.2. The summed E-state index contributed by atoms with van der Waals surface area (Å²) in [5.74, 6) is 0.804. The van der Waals surface area contributed by atoms with Gasteiger partial charge >= 0.3 is 0 Å². The van der Waals surface area contributed by atoms with Gasteiger partial charge in [-0.15, -0.1) is 11.3 Å². The summed E-state index contributed by atoms with van der Waals surface area (Å²) in [6, 6.07) is 1.95. The summed E-state index contributed by atoms with van der Waals surface area (Å²) in [5.41, 5.74) is 3.80. The molecule has 0 aliphatic rings. The van der Waals surface area contributed by atoms with E-state index in [4.69, 9.17) is 4.52 Å². The molecule has 3 aromatic heterocycles. The van der Waals surface area contributed by atoms with Gasteiger partial charge in [-0.1, -0.05) is 5.16 Å². The Labute approximate surface area is 108 Å². The van der Waals surface area contributed by atoms with Crippen LogP contribution in [0.1, 0.15) is 11.5 Å². The second kappa shape index (κ2) is 4.06. The van der Waals surface area contributed by atoms with Crippen molar-refractivity contribution in [1.82, 2.24) is 19.9 Å². The van der Waals surface area contributed by atoms with Gasteiger partial charge < -0.3 is 4.52 Å². The lowest BCUT2D eigenvalue weighted by Gasteiger charge is -1.96. The maximum Gasteiger partial charge on any atom is 0.144 e. The van der Waals surface area contributed by atoms with E-state index in [9.17, 15) is 0 Å². The maximum absolute atomic E-state index is 5.17. The predicted molar refractivity (Wildman–Crippen MR) is 69.3 cm³/mol. The lowest BCUT2D eigenvalue weighted by molar-refractivity contribution is 0.393. The van der Waals surface area contributed by atoms with Crippen LogP contribution in [0.3, 0.4) is 0 Å². The van der Waals surface area contributed by atoms with Crippen LogP contribution >= 0.6 is 11.3 Å². The monoisotopic (exact) mass is 260 g/mol. The highest BCUT2D eigenvalue weighted by atomic mass is 32.1. The Morgan fingerprint density at radius 1 is 1.33 bits per heavy atom. The first-order valence-electron chi connectivity index (χ1n) is 5.54. The first-order chi connectivity index (χ1) is 8.66. The van der Waals surface area contributed by atoms with Crippen molar-refractivity contribution >= 4 is 11.3 Å². The molecule has 92 valence electrons. The summed E-state index contributed by atoms with van der Waals surface area (Å²) in [6.07, 6.45) is 1.77. The van der Waals surface area contributed by atoms with E-state index < -0.39 is 0 Å². The Hall–Kier alpha value is -1.95. The van der Waals surface area contributed by atoms with E-state index in [0.717, 1.165) is 33.4 Å². The molecule has 3 rings (SSSR count). The average molecular weight is 260 g/mol. The number of aromatic nitrogens is 4. The highest BCUT2D eigenvalue weighted by Crippen LogP contribution is 2.32. The van der Waals surface area contributed by atoms with Crippen molar-refractivity contribution in [2.75, 3.05) is 0 Å². The zero-order valence-electron chi connectivity index (χ0n) is 10.3. The number of nitrogens with zero attached hydrogens (tertiary/aromatic N) is 4. The van der Waals surface area contributed by atoms with E-state index in [2.05, 4.69) is 15.2 Å². The van der Waals surface area contributed by atoms with Crippen molar-refractivity contribution < 1.29 is 4.52 Å². The molecule has 3 heterocycles. The molecule has 0 unspecified atom stereocenters. The van der Waals surface area contributed by atoms with Crippen LogP contribution in [0.15, 0.2) is 22.2 Å². The molecule has 6 heteroatoms. The summed E-state index contributed by atoms with van der Waals surface area (Å²) >= 11 is 1.59. The Bertz CT molecular complexity index is 675. The van der Waals surface area contributed by atoms with Crippen LogP contribution in [0.4, 0.5) is 0 Å². The van der Waals surface area contributed by atoms with Gasteiger partial charge in [-0.2, -0.15) is 5.10 Å². The molecule has 0 N–H and O–H groups in total. The topological polar surface area (TPSA) is 56.7 Å². The van der Waals surface area contributed by atoms with Crippen LogP contribution in [-0.2, 0) is 7.05 Å². The number of aryl methyl sites for hydroxylation is 3. The molecule has 0 amide bonds. The first kappa shape index (κ1) is 11.2. The largest absolute Gasteiger partial charge is 0.361 e. The van der Waals surface area contributed by atoms with Crippen LogP contribution in [-0.4, -0.2) is 19.9 Å². The van der Waals surface area contributed by atoms with Gasteiger partial charge in [0.1, 0.15) is 10.8 Å². The van der Waals surface area contributed by atoms with Gasteiger partial charge in [0.15, 0.2) is 0 Å². The zero-order valence-corrected chi connectivity index (χ0v) is 11.2. The normalized spacial score (nSPS) is 11.1. The molecule has 0 aliphatic heterocycles. The molecule has 0 radical (unpaired) electrons. The first-order valence-corrected chi connectivity index (χ1v) is 6.42. The van der Waals surface area contributed by atoms with Gasteiger partial charge in [-0.3, -0.25) is 4.68 Å². The highest BCUT2D eigenvalue weighted by molar-refractivity contribution is 7.13. The van der Waals surface area contributed by atoms with Gasteiger partial charge in [0.05, 0.1) is 22.6 Å². The molecule has 0 atom stereocenters. The SMILES string of the molecule is Cc1noc(C)c1-c1nc(-c2ccnn2C)cs1. The molecule has 18 heavy (non-hydrogen) atoms. The van der Waals surface area contributed by atoms with Crippen LogP contribution in [0.2, 0.25) is 0 Å². The Morgan fingerprint density at radius 3 is 2.78 bits per heavy atom. The van der Waals surface area contributed by atoms with Crippen LogP contribution in [0.5, 0.6) is 0 Å². The predicted octanol–water partition coefficient (Wildman–Crippen LogP) is 2.82. The minimum Gasteiger partial charge on any atom is -0.361 e. The van der Waals surface area contributed by atoms with Gasteiger partial charge in [0.2, 0.25) is 0 Å². The van der Waals surface area contributed by atoms with E-state index in [0.29, 0.717) is 0 Å². The summed E-state index contributed by atoms with van der Waals surface area (Å²) in [7, 11) is 1.91. The highest BCUT2D eigenvalue weighted by Gasteiger charge is 2.16. The quantitative estimate of drug-likeness (QED) is 0.711. The minimum absolute atomic E-state index is 0.804. The van der Waals surface area contributed by atoms with E-state index in [1.807, 2.05) is 37.0 Å². The lowest BCUT2D eigenvalue weighted by Crippen LogP contribution is -1.93. The Balaban J connectivity index is 2.08. The van der Waals surface area contributed by atoms with E-state index in [1.165, 1.54) is 0 Å². The molecule has 0 spiro atoms. The molecule has 0 saturated carbocycles. The molecule has 0 fully saturated rings. The van der Waals surface area contributed by atoms with E-state index in [1.54, 1.807) is 17.5 Å². The second-order valence-electron chi connectivity index (χ2n) is 4.08. The van der Waals surface area contributed by atoms with Gasteiger partial charge in [0.25, 0.3) is 0 Å². The van der Waals surface area contributed by atoms with Crippen molar-refractivity contribution in [3.63, 3.8) is 0 Å². The van der Waals surface area contributed by atoms with Crippen molar-refractivity contribution in [3.8, 4) is 22.0 Å². The third-order valence-electron chi connectivity index (χ3n) is 2.83. The number of hydrogen-bond donors (Lipinski definition) is 0. The molecule has 0 aromatic carbocycles. The molecule has 5 nitrogen and oxygen atoms in total. The fourth-order valence-electron chi connectivity index (χ4n) is 1.92. The molecule has 0 aliphatic carbocycles. The molecular formula is C12H12N4OS. The minimum atomic E-state index is 0.804. The Kier molecular flexibility index (Phi) is 2.52. The summed E-state index contributed by atoms with van der Waals surface area (Å²) < 4.78 is 6.98. The van der Waals surface area contributed by atoms with Crippen LogP contribution in [0, 0.1) is 13.8 Å². The number of thiazole rings is 1. The summed E-state index contributed by atoms with van der Waals surface area (Å²) in [6.45, 7) is 3.83.